The third kappa shape index (κ3) is 1.20. The Morgan fingerprint density at radius 1 is 1.60 bits per heavy atom. The van der Waals surface area contributed by atoms with Crippen LogP contribution in [0.5, 0.6) is 0 Å². The minimum Gasteiger partial charge on any atom is -0.401 e. The number of nitrogens with two attached hydrogens (primary N) is 1. The predicted molar refractivity (Wildman–Crippen MR) is 40.4 cm³/mol. The molecular weight excluding hydrogens is 126 g/mol. The van der Waals surface area contributed by atoms with Crippen molar-refractivity contribution < 1.29 is 4.79 Å². The summed E-state index contributed by atoms with van der Waals surface area (Å²) >= 11 is 0. The Kier molecular flexibility index (Phi) is 2.10. The Bertz CT molecular complexity index is 182. The van der Waals surface area contributed by atoms with Crippen molar-refractivity contribution in [3.05, 3.63) is 11.3 Å². The Morgan fingerprint density at radius 2 is 2.30 bits per heavy atom. The first-order valence-electron chi connectivity index (χ1n) is 3.76. The van der Waals surface area contributed by atoms with Crippen LogP contribution in [-0.2, 0) is 4.79 Å². The number of rotatable bonds is 3. The SMILES string of the molecule is CCCCC1=C(N)CC1=O. The number of ketones is 1. The maximum Gasteiger partial charge on any atom is 0.166 e. The molecule has 1 aliphatic rings. The molecule has 1 rings (SSSR count). The van der Waals surface area contributed by atoms with Crippen LogP contribution in [0.1, 0.15) is 32.6 Å². The van der Waals surface area contributed by atoms with Gasteiger partial charge in [-0.25, -0.2) is 0 Å². The fourth-order valence-corrected chi connectivity index (χ4v) is 1.11. The van der Waals surface area contributed by atoms with Gasteiger partial charge in [-0.3, -0.25) is 4.79 Å². The van der Waals surface area contributed by atoms with E-state index < -0.39 is 0 Å². The molecule has 0 aromatic heterocycles. The molecule has 0 heterocycles. The van der Waals surface area contributed by atoms with Crippen molar-refractivity contribution in [1.82, 2.24) is 0 Å². The lowest BCUT2D eigenvalue weighted by Gasteiger charge is -2.18. The summed E-state index contributed by atoms with van der Waals surface area (Å²) in [4.78, 5) is 10.8. The Morgan fingerprint density at radius 3 is 2.70 bits per heavy atom. The first-order valence-corrected chi connectivity index (χ1v) is 3.76. The molecule has 0 fully saturated rings. The van der Waals surface area contributed by atoms with E-state index in [1.165, 1.54) is 0 Å². The van der Waals surface area contributed by atoms with Gasteiger partial charge >= 0.3 is 0 Å². The molecule has 0 amide bonds. The lowest BCUT2D eigenvalue weighted by molar-refractivity contribution is -0.116. The Hall–Kier alpha value is -0.790. The molecule has 0 unspecified atom stereocenters. The van der Waals surface area contributed by atoms with Crippen molar-refractivity contribution in [3.63, 3.8) is 0 Å². The molecule has 0 bridgehead atoms. The highest BCUT2D eigenvalue weighted by atomic mass is 16.1. The molecular formula is C8H13NO. The highest BCUT2D eigenvalue weighted by Crippen LogP contribution is 2.23. The van der Waals surface area contributed by atoms with Crippen LogP contribution in [0.15, 0.2) is 11.3 Å². The highest BCUT2D eigenvalue weighted by Gasteiger charge is 2.23. The van der Waals surface area contributed by atoms with Crippen LogP contribution in [0.25, 0.3) is 0 Å². The van der Waals surface area contributed by atoms with E-state index in [0.29, 0.717) is 6.42 Å². The zero-order valence-corrected chi connectivity index (χ0v) is 6.31. The van der Waals surface area contributed by atoms with E-state index >= 15 is 0 Å². The molecule has 2 nitrogen and oxygen atoms in total. The van der Waals surface area contributed by atoms with Crippen LogP contribution in [-0.4, -0.2) is 5.78 Å². The average Bonchev–Trinajstić information content (AvgIpc) is 1.89. The molecule has 0 spiro atoms. The summed E-state index contributed by atoms with van der Waals surface area (Å²) in [5.41, 5.74) is 7.22. The second-order valence-electron chi connectivity index (χ2n) is 2.71. The van der Waals surface area contributed by atoms with Crippen molar-refractivity contribution in [2.24, 2.45) is 5.73 Å². The second kappa shape index (κ2) is 2.86. The highest BCUT2D eigenvalue weighted by molar-refractivity contribution is 6.04. The Balaban J connectivity index is 2.41. The molecule has 0 aromatic carbocycles. The van der Waals surface area contributed by atoms with Crippen LogP contribution >= 0.6 is 0 Å². The molecule has 2 heteroatoms. The monoisotopic (exact) mass is 139 g/mol. The van der Waals surface area contributed by atoms with Gasteiger partial charge in [0.2, 0.25) is 0 Å². The molecule has 2 N–H and O–H groups in total. The molecule has 0 aromatic rings. The maximum atomic E-state index is 10.8. The first kappa shape index (κ1) is 7.32. The number of hydrogen-bond acceptors (Lipinski definition) is 2. The third-order valence-corrected chi connectivity index (χ3v) is 1.86. The van der Waals surface area contributed by atoms with Crippen molar-refractivity contribution in [1.29, 1.82) is 0 Å². The van der Waals surface area contributed by atoms with Gasteiger partial charge in [0.05, 0.1) is 6.42 Å². The van der Waals surface area contributed by atoms with Crippen LogP contribution in [0.3, 0.4) is 0 Å². The predicted octanol–water partition coefficient (Wildman–Crippen LogP) is 1.36. The number of carbonyl (C=O) groups is 1. The number of hydrogen-bond donors (Lipinski definition) is 1. The van der Waals surface area contributed by atoms with Gasteiger partial charge in [-0.05, 0) is 12.8 Å². The molecule has 0 aliphatic heterocycles. The van der Waals surface area contributed by atoms with Crippen molar-refractivity contribution >= 4 is 5.78 Å². The second-order valence-corrected chi connectivity index (χ2v) is 2.71. The van der Waals surface area contributed by atoms with E-state index in [0.717, 1.165) is 30.5 Å². The molecule has 0 saturated heterocycles. The minimum absolute atomic E-state index is 0.256. The van der Waals surface area contributed by atoms with Crippen molar-refractivity contribution in [2.75, 3.05) is 0 Å². The molecule has 1 aliphatic carbocycles. The van der Waals surface area contributed by atoms with Gasteiger partial charge in [0, 0.05) is 11.3 Å². The van der Waals surface area contributed by atoms with E-state index in [1.54, 1.807) is 0 Å². The third-order valence-electron chi connectivity index (χ3n) is 1.86. The molecule has 0 radical (unpaired) electrons. The number of allylic oxidation sites excluding steroid dienone is 2. The van der Waals surface area contributed by atoms with Crippen LogP contribution in [0.4, 0.5) is 0 Å². The Labute approximate surface area is 61.1 Å². The van der Waals surface area contributed by atoms with Gasteiger partial charge in [0.1, 0.15) is 0 Å². The van der Waals surface area contributed by atoms with E-state index in [2.05, 4.69) is 6.92 Å². The normalized spacial score (nSPS) is 17.5. The number of unbranched alkanes of at least 4 members (excludes halogenated alkanes) is 1. The van der Waals surface area contributed by atoms with Gasteiger partial charge in [0.15, 0.2) is 5.78 Å². The lowest BCUT2D eigenvalue weighted by Crippen LogP contribution is -2.23. The van der Waals surface area contributed by atoms with Crippen LogP contribution in [0, 0.1) is 0 Å². The van der Waals surface area contributed by atoms with E-state index in [-0.39, 0.29) is 5.78 Å². The van der Waals surface area contributed by atoms with Gasteiger partial charge in [0.25, 0.3) is 0 Å². The minimum atomic E-state index is 0.256. The largest absolute Gasteiger partial charge is 0.401 e. The van der Waals surface area contributed by atoms with Gasteiger partial charge in [-0.2, -0.15) is 0 Å². The number of carbonyl (C=O) groups excluding carboxylic acids is 1. The van der Waals surface area contributed by atoms with Crippen molar-refractivity contribution in [2.45, 2.75) is 32.6 Å². The molecule has 10 heavy (non-hydrogen) atoms. The average molecular weight is 139 g/mol. The number of Topliss-reactive ketones (excluding diaryl/α,β-unsaturated/α-hetero) is 1. The molecule has 0 atom stereocenters. The fourth-order valence-electron chi connectivity index (χ4n) is 1.11. The molecule has 0 saturated carbocycles. The van der Waals surface area contributed by atoms with E-state index in [9.17, 15) is 4.79 Å². The van der Waals surface area contributed by atoms with Gasteiger partial charge in [-0.15, -0.1) is 0 Å². The zero-order chi connectivity index (χ0) is 7.56. The summed E-state index contributed by atoms with van der Waals surface area (Å²) in [7, 11) is 0. The van der Waals surface area contributed by atoms with Crippen LogP contribution < -0.4 is 5.73 Å². The van der Waals surface area contributed by atoms with E-state index in [4.69, 9.17) is 5.73 Å². The topological polar surface area (TPSA) is 43.1 Å². The summed E-state index contributed by atoms with van der Waals surface area (Å²) < 4.78 is 0. The first-order chi connectivity index (χ1) is 4.75. The quantitative estimate of drug-likeness (QED) is 0.641. The fraction of sp³-hybridized carbons (Fsp3) is 0.625. The molecule has 56 valence electrons. The summed E-state index contributed by atoms with van der Waals surface area (Å²) in [6, 6.07) is 0. The summed E-state index contributed by atoms with van der Waals surface area (Å²) in [6.07, 6.45) is 3.60. The van der Waals surface area contributed by atoms with Gasteiger partial charge in [-0.1, -0.05) is 13.3 Å². The van der Waals surface area contributed by atoms with Gasteiger partial charge < -0.3 is 5.73 Å². The van der Waals surface area contributed by atoms with Crippen LogP contribution in [0.2, 0.25) is 0 Å². The summed E-state index contributed by atoms with van der Waals surface area (Å²) in [6.45, 7) is 2.11. The summed E-state index contributed by atoms with van der Waals surface area (Å²) in [5, 5.41) is 0. The van der Waals surface area contributed by atoms with E-state index in [1.807, 2.05) is 0 Å². The zero-order valence-electron chi connectivity index (χ0n) is 6.31. The smallest absolute Gasteiger partial charge is 0.166 e. The maximum absolute atomic E-state index is 10.8. The van der Waals surface area contributed by atoms with Crippen molar-refractivity contribution in [3.8, 4) is 0 Å². The lowest BCUT2D eigenvalue weighted by atomic mass is 9.89. The standard InChI is InChI=1S/C8H13NO/c1-2-3-4-6-7(9)5-8(6)10/h2-5,9H2,1H3. The summed E-state index contributed by atoms with van der Waals surface area (Å²) in [5.74, 6) is 0.256.